The molecule has 4 aromatic rings. The van der Waals surface area contributed by atoms with Gasteiger partial charge in [0.1, 0.15) is 23.0 Å². The highest BCUT2D eigenvalue weighted by Crippen LogP contribution is 2.53. The second-order valence-corrected chi connectivity index (χ2v) is 10.1. The number of amides is 2. The number of ether oxygens (including phenoxy) is 4. The summed E-state index contributed by atoms with van der Waals surface area (Å²) in [6.07, 6.45) is -0.111. The number of benzene rings is 3. The molecule has 3 aromatic carbocycles. The predicted octanol–water partition coefficient (Wildman–Crippen LogP) is 6.09. The topological polar surface area (TPSA) is 102 Å². The summed E-state index contributed by atoms with van der Waals surface area (Å²) in [5.41, 5.74) is 1.35. The summed E-state index contributed by atoms with van der Waals surface area (Å²) in [5, 5.41) is 4.29. The number of aromatic nitrogens is 1. The van der Waals surface area contributed by atoms with E-state index in [2.05, 4.69) is 10.3 Å². The average molecular weight is 584 g/mol. The Hall–Kier alpha value is -4.08. The Morgan fingerprint density at radius 3 is 2.12 bits per heavy atom. The van der Waals surface area contributed by atoms with E-state index < -0.39 is 11.4 Å². The number of aryl methyl sites for hydroxylation is 1. The molecule has 1 unspecified atom stereocenters. The Bertz CT molecular complexity index is 1650. The lowest BCUT2D eigenvalue weighted by Crippen LogP contribution is -2.67. The van der Waals surface area contributed by atoms with E-state index in [0.29, 0.717) is 39.9 Å². The standard InChI is InChI=1S/C29H27Cl2N3O6/c1-15-27(16-8-6-7-9-19(16)32-15)29(28(36)33-20-10-17(30)22(37-2)12-24(20)39-4)14-26(35)34(29)21-11-18(31)23(38-3)13-25(21)40-5/h6-13,32H,14H2,1-5H3,(H,33,36). The van der Waals surface area contributed by atoms with Crippen molar-refractivity contribution in [3.8, 4) is 23.0 Å². The summed E-state index contributed by atoms with van der Waals surface area (Å²) in [7, 11) is 5.91. The summed E-state index contributed by atoms with van der Waals surface area (Å²) in [5.74, 6) is 0.632. The number of carbonyl (C=O) groups is 2. The highest BCUT2D eigenvalue weighted by molar-refractivity contribution is 6.33. The Kier molecular flexibility index (Phi) is 7.20. The van der Waals surface area contributed by atoms with Crippen molar-refractivity contribution in [2.24, 2.45) is 0 Å². The van der Waals surface area contributed by atoms with Crippen LogP contribution in [0.15, 0.2) is 48.5 Å². The van der Waals surface area contributed by atoms with Crippen molar-refractivity contribution in [3.63, 3.8) is 0 Å². The number of H-pyrrole nitrogens is 1. The van der Waals surface area contributed by atoms with Gasteiger partial charge in [-0.1, -0.05) is 41.4 Å². The second-order valence-electron chi connectivity index (χ2n) is 9.24. The van der Waals surface area contributed by atoms with Gasteiger partial charge < -0.3 is 29.2 Å². The van der Waals surface area contributed by atoms with Gasteiger partial charge in [-0.25, -0.2) is 0 Å². The van der Waals surface area contributed by atoms with E-state index in [0.717, 1.165) is 16.6 Å². The van der Waals surface area contributed by atoms with Crippen LogP contribution in [0.3, 0.4) is 0 Å². The maximum Gasteiger partial charge on any atom is 0.256 e. The SMILES string of the molecule is COc1cc(OC)c(NC(=O)C2(c3c(C)[nH]c4ccccc34)CC(=O)N2c2cc(Cl)c(OC)cc2OC)cc1Cl. The maximum absolute atomic E-state index is 14.5. The zero-order valence-corrected chi connectivity index (χ0v) is 24.0. The molecule has 1 aliphatic heterocycles. The summed E-state index contributed by atoms with van der Waals surface area (Å²) in [6.45, 7) is 1.87. The lowest BCUT2D eigenvalue weighted by atomic mass is 9.74. The van der Waals surface area contributed by atoms with E-state index in [9.17, 15) is 9.59 Å². The third-order valence-corrected chi connectivity index (χ3v) is 7.73. The molecule has 1 saturated heterocycles. The van der Waals surface area contributed by atoms with Crippen LogP contribution in [0.5, 0.6) is 23.0 Å². The van der Waals surface area contributed by atoms with Crippen LogP contribution < -0.4 is 29.2 Å². The minimum atomic E-state index is -1.48. The number of β-lactam (4-membered cyclic amide) rings is 1. The van der Waals surface area contributed by atoms with Gasteiger partial charge in [0.25, 0.3) is 5.91 Å². The van der Waals surface area contributed by atoms with Gasteiger partial charge >= 0.3 is 0 Å². The lowest BCUT2D eigenvalue weighted by Gasteiger charge is -2.51. The predicted molar refractivity (Wildman–Crippen MR) is 155 cm³/mol. The van der Waals surface area contributed by atoms with E-state index in [1.165, 1.54) is 33.3 Å². The van der Waals surface area contributed by atoms with E-state index in [-0.39, 0.29) is 22.4 Å². The molecule has 40 heavy (non-hydrogen) atoms. The monoisotopic (exact) mass is 583 g/mol. The lowest BCUT2D eigenvalue weighted by molar-refractivity contribution is -0.137. The third-order valence-electron chi connectivity index (χ3n) is 7.14. The molecule has 1 aliphatic rings. The van der Waals surface area contributed by atoms with Crippen molar-refractivity contribution in [2.75, 3.05) is 38.7 Å². The normalized spacial score (nSPS) is 16.5. The van der Waals surface area contributed by atoms with Crippen LogP contribution in [-0.2, 0) is 15.1 Å². The van der Waals surface area contributed by atoms with Gasteiger partial charge in [-0.3, -0.25) is 14.5 Å². The maximum atomic E-state index is 14.5. The molecule has 0 spiro atoms. The Morgan fingerprint density at radius 1 is 0.900 bits per heavy atom. The molecular weight excluding hydrogens is 557 g/mol. The van der Waals surface area contributed by atoms with E-state index >= 15 is 0 Å². The summed E-state index contributed by atoms with van der Waals surface area (Å²) in [4.78, 5) is 32.8. The average Bonchev–Trinajstić information content (AvgIpc) is 3.27. The van der Waals surface area contributed by atoms with Crippen molar-refractivity contribution in [1.29, 1.82) is 0 Å². The molecule has 5 rings (SSSR count). The van der Waals surface area contributed by atoms with Crippen LogP contribution in [0.2, 0.25) is 10.0 Å². The number of hydrogen-bond donors (Lipinski definition) is 2. The fourth-order valence-electron chi connectivity index (χ4n) is 5.35. The van der Waals surface area contributed by atoms with Gasteiger partial charge in [-0.05, 0) is 25.1 Å². The Balaban J connectivity index is 1.74. The number of methoxy groups -OCH3 is 4. The molecule has 9 nitrogen and oxygen atoms in total. The molecule has 0 radical (unpaired) electrons. The fraction of sp³-hybridized carbons (Fsp3) is 0.241. The quantitative estimate of drug-likeness (QED) is 0.243. The van der Waals surface area contributed by atoms with Crippen LogP contribution in [0.1, 0.15) is 17.7 Å². The van der Waals surface area contributed by atoms with Crippen molar-refractivity contribution < 1.29 is 28.5 Å². The zero-order chi connectivity index (χ0) is 28.8. The minimum absolute atomic E-state index is 0.111. The van der Waals surface area contributed by atoms with Gasteiger partial charge in [0, 0.05) is 34.3 Å². The molecule has 208 valence electrons. The smallest absolute Gasteiger partial charge is 0.256 e. The van der Waals surface area contributed by atoms with E-state index in [4.69, 9.17) is 42.1 Å². The zero-order valence-electron chi connectivity index (χ0n) is 22.5. The van der Waals surface area contributed by atoms with Crippen LogP contribution in [0, 0.1) is 6.92 Å². The van der Waals surface area contributed by atoms with Crippen LogP contribution in [-0.4, -0.2) is 45.2 Å². The van der Waals surface area contributed by atoms with Crippen molar-refractivity contribution >= 4 is 57.3 Å². The molecule has 1 fully saturated rings. The van der Waals surface area contributed by atoms with Crippen LogP contribution >= 0.6 is 23.2 Å². The van der Waals surface area contributed by atoms with Gasteiger partial charge in [-0.2, -0.15) is 0 Å². The number of nitrogens with zero attached hydrogens (tertiary/aromatic N) is 1. The number of fused-ring (bicyclic) bond motifs is 1. The molecule has 1 aromatic heterocycles. The summed E-state index contributed by atoms with van der Waals surface area (Å²) in [6, 6.07) is 13.9. The number of nitrogens with one attached hydrogen (secondary N) is 2. The molecule has 1 atom stereocenters. The largest absolute Gasteiger partial charge is 0.495 e. The number of halogens is 2. The minimum Gasteiger partial charge on any atom is -0.495 e. The summed E-state index contributed by atoms with van der Waals surface area (Å²) < 4.78 is 21.8. The number of hydrogen-bond acceptors (Lipinski definition) is 6. The van der Waals surface area contributed by atoms with Crippen LogP contribution in [0.25, 0.3) is 10.9 Å². The van der Waals surface area contributed by atoms with Crippen LogP contribution in [0.4, 0.5) is 11.4 Å². The molecule has 0 bridgehead atoms. The molecule has 2 heterocycles. The fourth-order valence-corrected chi connectivity index (χ4v) is 5.82. The molecular formula is C29H27Cl2N3O6. The number of anilines is 2. The van der Waals surface area contributed by atoms with E-state index in [1.807, 2.05) is 31.2 Å². The molecule has 11 heteroatoms. The second kappa shape index (κ2) is 10.5. The van der Waals surface area contributed by atoms with Gasteiger partial charge in [-0.15, -0.1) is 0 Å². The Labute approximate surface area is 240 Å². The van der Waals surface area contributed by atoms with Crippen molar-refractivity contribution in [3.05, 3.63) is 69.8 Å². The van der Waals surface area contributed by atoms with Gasteiger partial charge in [0.15, 0.2) is 5.54 Å². The molecule has 0 aliphatic carbocycles. The third kappa shape index (κ3) is 4.17. The number of carbonyl (C=O) groups excluding carboxylic acids is 2. The number of rotatable bonds is 8. The first-order chi connectivity index (χ1) is 19.2. The van der Waals surface area contributed by atoms with Gasteiger partial charge in [0.05, 0.1) is 56.3 Å². The van der Waals surface area contributed by atoms with Crippen molar-refractivity contribution in [2.45, 2.75) is 18.9 Å². The van der Waals surface area contributed by atoms with E-state index in [1.54, 1.807) is 24.3 Å². The molecule has 2 amide bonds. The van der Waals surface area contributed by atoms with Gasteiger partial charge in [0.2, 0.25) is 5.91 Å². The first-order valence-electron chi connectivity index (χ1n) is 12.3. The first kappa shape index (κ1) is 27.5. The van der Waals surface area contributed by atoms with Crippen molar-refractivity contribution in [1.82, 2.24) is 4.98 Å². The highest BCUT2D eigenvalue weighted by atomic mass is 35.5. The summed E-state index contributed by atoms with van der Waals surface area (Å²) >= 11 is 12.9. The molecule has 0 saturated carbocycles. The number of para-hydroxylation sites is 1. The molecule has 2 N–H and O–H groups in total. The highest BCUT2D eigenvalue weighted by Gasteiger charge is 2.61. The Morgan fingerprint density at radius 2 is 1.50 bits per heavy atom. The number of aromatic amines is 1. The first-order valence-corrected chi connectivity index (χ1v) is 13.0.